The molecule has 0 atom stereocenters. The van der Waals surface area contributed by atoms with Gasteiger partial charge in [0.1, 0.15) is 12.7 Å². The lowest BCUT2D eigenvalue weighted by atomic mass is 10.3. The first-order valence-electron chi connectivity index (χ1n) is 5.63. The Morgan fingerprint density at radius 2 is 2.33 bits per heavy atom. The maximum atomic E-state index is 5.38. The summed E-state index contributed by atoms with van der Waals surface area (Å²) >= 11 is 1.73. The van der Waals surface area contributed by atoms with Crippen LogP contribution in [0.1, 0.15) is 6.92 Å². The van der Waals surface area contributed by atoms with Crippen LogP contribution in [-0.2, 0) is 6.54 Å². The third kappa shape index (κ3) is 3.59. The number of rotatable bonds is 6. The van der Waals surface area contributed by atoms with Crippen molar-refractivity contribution in [2.45, 2.75) is 18.4 Å². The molecule has 1 aromatic carbocycles. The van der Waals surface area contributed by atoms with Gasteiger partial charge in [0.2, 0.25) is 0 Å². The first-order chi connectivity index (χ1) is 8.90. The summed E-state index contributed by atoms with van der Waals surface area (Å²) in [5, 5.41) is 7.89. The van der Waals surface area contributed by atoms with Crippen molar-refractivity contribution in [1.82, 2.24) is 14.8 Å². The van der Waals surface area contributed by atoms with E-state index in [0.717, 1.165) is 16.4 Å². The van der Waals surface area contributed by atoms with Crippen molar-refractivity contribution in [1.29, 1.82) is 0 Å². The third-order valence-electron chi connectivity index (χ3n) is 2.11. The Balaban J connectivity index is 1.91. The van der Waals surface area contributed by atoms with E-state index in [1.54, 1.807) is 29.0 Å². The molecule has 0 aliphatic rings. The van der Waals surface area contributed by atoms with Crippen LogP contribution in [-0.4, -0.2) is 26.7 Å². The summed E-state index contributed by atoms with van der Waals surface area (Å²) < 4.78 is 1.67. The van der Waals surface area contributed by atoms with Crippen LogP contribution in [0.5, 0.6) is 5.75 Å². The molecule has 0 radical (unpaired) electrons. The molecule has 0 saturated carbocycles. The standard InChI is InChI=1S/C12H14N4OS/c1-2-18-12-6-4-3-5-11(12)17-15-7-8-16-10-13-9-14-16/h3-7,9-10H,2,8H2,1H3/b15-7+. The second-order valence-electron chi connectivity index (χ2n) is 3.38. The Labute approximate surface area is 110 Å². The first-order valence-corrected chi connectivity index (χ1v) is 6.62. The predicted octanol–water partition coefficient (Wildman–Crippen LogP) is 2.45. The van der Waals surface area contributed by atoms with Gasteiger partial charge in [0.25, 0.3) is 0 Å². The highest BCUT2D eigenvalue weighted by molar-refractivity contribution is 7.99. The summed E-state index contributed by atoms with van der Waals surface area (Å²) in [4.78, 5) is 10.3. The maximum Gasteiger partial charge on any atom is 0.171 e. The molecule has 0 fully saturated rings. The molecular weight excluding hydrogens is 248 g/mol. The van der Waals surface area contributed by atoms with Crippen LogP contribution in [0, 0.1) is 0 Å². The minimum absolute atomic E-state index is 0.545. The zero-order valence-electron chi connectivity index (χ0n) is 10.1. The van der Waals surface area contributed by atoms with Crippen molar-refractivity contribution < 1.29 is 4.84 Å². The van der Waals surface area contributed by atoms with Crippen LogP contribution in [0.15, 0.2) is 47.0 Å². The average molecular weight is 262 g/mol. The van der Waals surface area contributed by atoms with E-state index >= 15 is 0 Å². The summed E-state index contributed by atoms with van der Waals surface area (Å²) in [5.74, 6) is 1.78. The molecule has 18 heavy (non-hydrogen) atoms. The Morgan fingerprint density at radius 3 is 3.11 bits per heavy atom. The molecular formula is C12H14N4OS. The van der Waals surface area contributed by atoms with Gasteiger partial charge in [-0.1, -0.05) is 24.2 Å². The lowest BCUT2D eigenvalue weighted by Crippen LogP contribution is -2.00. The van der Waals surface area contributed by atoms with Crippen molar-refractivity contribution in [3.63, 3.8) is 0 Å². The third-order valence-corrected chi connectivity index (χ3v) is 3.05. The number of aromatic nitrogens is 3. The first kappa shape index (κ1) is 12.6. The van der Waals surface area contributed by atoms with Crippen molar-refractivity contribution in [3.05, 3.63) is 36.9 Å². The highest BCUT2D eigenvalue weighted by Gasteiger charge is 2.01. The Morgan fingerprint density at radius 1 is 1.44 bits per heavy atom. The summed E-state index contributed by atoms with van der Waals surface area (Å²) in [5.41, 5.74) is 0. The van der Waals surface area contributed by atoms with Crippen molar-refractivity contribution in [2.75, 3.05) is 5.75 Å². The van der Waals surface area contributed by atoms with Gasteiger partial charge in [0.05, 0.1) is 17.7 Å². The number of para-hydroxylation sites is 1. The van der Waals surface area contributed by atoms with Gasteiger partial charge in [0, 0.05) is 0 Å². The van der Waals surface area contributed by atoms with E-state index in [1.807, 2.05) is 24.3 Å². The smallest absolute Gasteiger partial charge is 0.171 e. The Bertz CT molecular complexity index is 499. The van der Waals surface area contributed by atoms with Crippen LogP contribution in [0.3, 0.4) is 0 Å². The zero-order chi connectivity index (χ0) is 12.6. The Hall–Kier alpha value is -1.82. The van der Waals surface area contributed by atoms with E-state index in [2.05, 4.69) is 22.2 Å². The minimum Gasteiger partial charge on any atom is -0.356 e. The van der Waals surface area contributed by atoms with Crippen LogP contribution >= 0.6 is 11.8 Å². The number of thioether (sulfide) groups is 1. The predicted molar refractivity (Wildman–Crippen MR) is 72.0 cm³/mol. The molecule has 0 amide bonds. The molecule has 0 N–H and O–H groups in total. The fourth-order valence-electron chi connectivity index (χ4n) is 1.34. The van der Waals surface area contributed by atoms with Gasteiger partial charge in [-0.25, -0.2) is 9.67 Å². The summed E-state index contributed by atoms with van der Waals surface area (Å²) in [6.07, 6.45) is 4.77. The van der Waals surface area contributed by atoms with Gasteiger partial charge >= 0.3 is 0 Å². The van der Waals surface area contributed by atoms with E-state index in [4.69, 9.17) is 4.84 Å². The van der Waals surface area contributed by atoms with Crippen molar-refractivity contribution in [3.8, 4) is 5.75 Å². The molecule has 5 nitrogen and oxygen atoms in total. The van der Waals surface area contributed by atoms with Gasteiger partial charge in [-0.3, -0.25) is 0 Å². The van der Waals surface area contributed by atoms with E-state index in [0.29, 0.717) is 6.54 Å². The van der Waals surface area contributed by atoms with E-state index in [9.17, 15) is 0 Å². The minimum atomic E-state index is 0.545. The molecule has 1 heterocycles. The summed E-state index contributed by atoms with van der Waals surface area (Å²) in [6, 6.07) is 7.85. The number of hydrogen-bond donors (Lipinski definition) is 0. The average Bonchev–Trinajstić information content (AvgIpc) is 2.90. The molecule has 0 spiro atoms. The lowest BCUT2D eigenvalue weighted by molar-refractivity contribution is 0.333. The number of nitrogens with zero attached hydrogens (tertiary/aromatic N) is 4. The topological polar surface area (TPSA) is 52.3 Å². The van der Waals surface area contributed by atoms with Gasteiger partial charge in [0.15, 0.2) is 5.75 Å². The van der Waals surface area contributed by atoms with Gasteiger partial charge < -0.3 is 4.84 Å². The van der Waals surface area contributed by atoms with Gasteiger partial charge in [-0.05, 0) is 17.9 Å². The van der Waals surface area contributed by atoms with Gasteiger partial charge in [-0.15, -0.1) is 11.8 Å². The molecule has 6 heteroatoms. The normalized spacial score (nSPS) is 10.9. The maximum absolute atomic E-state index is 5.38. The summed E-state index contributed by atoms with van der Waals surface area (Å²) in [6.45, 7) is 2.65. The fraction of sp³-hybridized carbons (Fsp3) is 0.250. The van der Waals surface area contributed by atoms with Crippen LogP contribution in [0.2, 0.25) is 0 Å². The number of hydrogen-bond acceptors (Lipinski definition) is 5. The summed E-state index contributed by atoms with van der Waals surface area (Å²) in [7, 11) is 0. The monoisotopic (exact) mass is 262 g/mol. The number of benzene rings is 1. The van der Waals surface area contributed by atoms with E-state index in [-0.39, 0.29) is 0 Å². The number of oxime groups is 1. The van der Waals surface area contributed by atoms with Crippen LogP contribution < -0.4 is 4.84 Å². The molecule has 94 valence electrons. The molecule has 2 rings (SSSR count). The molecule has 0 saturated heterocycles. The highest BCUT2D eigenvalue weighted by atomic mass is 32.2. The van der Waals surface area contributed by atoms with E-state index in [1.165, 1.54) is 6.33 Å². The van der Waals surface area contributed by atoms with E-state index < -0.39 is 0 Å². The molecule has 1 aromatic heterocycles. The van der Waals surface area contributed by atoms with Crippen LogP contribution in [0.25, 0.3) is 0 Å². The fourth-order valence-corrected chi connectivity index (χ4v) is 2.07. The molecule has 0 aliphatic carbocycles. The van der Waals surface area contributed by atoms with Crippen molar-refractivity contribution >= 4 is 18.0 Å². The highest BCUT2D eigenvalue weighted by Crippen LogP contribution is 2.28. The second kappa shape index (κ2) is 6.80. The molecule has 0 aliphatic heterocycles. The quantitative estimate of drug-likeness (QED) is 0.456. The lowest BCUT2D eigenvalue weighted by Gasteiger charge is -2.04. The molecule has 2 aromatic rings. The zero-order valence-corrected chi connectivity index (χ0v) is 10.9. The molecule has 0 unspecified atom stereocenters. The van der Waals surface area contributed by atoms with Gasteiger partial charge in [-0.2, -0.15) is 5.10 Å². The largest absolute Gasteiger partial charge is 0.356 e. The van der Waals surface area contributed by atoms with Crippen molar-refractivity contribution in [2.24, 2.45) is 5.16 Å². The molecule has 0 bridgehead atoms. The Kier molecular flexibility index (Phi) is 4.78. The second-order valence-corrected chi connectivity index (χ2v) is 4.68. The SMILES string of the molecule is CCSc1ccccc1O/N=C/Cn1cncn1. The van der Waals surface area contributed by atoms with Crippen LogP contribution in [0.4, 0.5) is 0 Å².